The Morgan fingerprint density at radius 3 is 2.64 bits per heavy atom. The summed E-state index contributed by atoms with van der Waals surface area (Å²) >= 11 is 0. The molecular formula is C21H21N3O. The molecule has 0 aliphatic carbocycles. The molecule has 1 atom stereocenters. The van der Waals surface area contributed by atoms with Gasteiger partial charge >= 0.3 is 0 Å². The molecule has 0 saturated heterocycles. The van der Waals surface area contributed by atoms with E-state index in [-0.39, 0.29) is 0 Å². The Bertz CT molecular complexity index is 973. The van der Waals surface area contributed by atoms with Crippen molar-refractivity contribution in [2.75, 3.05) is 11.9 Å². The zero-order valence-electron chi connectivity index (χ0n) is 14.7. The molecule has 1 unspecified atom stereocenters. The third-order valence-electron chi connectivity index (χ3n) is 4.45. The van der Waals surface area contributed by atoms with Gasteiger partial charge in [-0.1, -0.05) is 35.9 Å². The van der Waals surface area contributed by atoms with Gasteiger partial charge in [0.1, 0.15) is 6.07 Å². The van der Waals surface area contributed by atoms with E-state index in [9.17, 15) is 10.4 Å². The molecule has 4 heteroatoms. The molecule has 0 spiro atoms. The number of nitrogens with zero attached hydrogens (tertiary/aromatic N) is 2. The Morgan fingerprint density at radius 1 is 1.16 bits per heavy atom. The first-order valence-corrected chi connectivity index (χ1v) is 8.28. The summed E-state index contributed by atoms with van der Waals surface area (Å²) in [6, 6.07) is 14.1. The number of aliphatic hydroxyl groups excluding tert-OH is 1. The average molecular weight is 331 g/mol. The van der Waals surface area contributed by atoms with Crippen LogP contribution in [-0.2, 0) is 0 Å². The van der Waals surface area contributed by atoms with Gasteiger partial charge in [-0.2, -0.15) is 5.26 Å². The lowest BCUT2D eigenvalue weighted by molar-refractivity contribution is 0.191. The Balaban J connectivity index is 1.98. The number of nitrogens with one attached hydrogen (secondary N) is 1. The number of aliphatic hydroxyl groups is 1. The second kappa shape index (κ2) is 6.92. The van der Waals surface area contributed by atoms with Crippen LogP contribution in [0.4, 0.5) is 5.69 Å². The highest BCUT2D eigenvalue weighted by Gasteiger charge is 2.14. The van der Waals surface area contributed by atoms with Crippen LogP contribution < -0.4 is 5.32 Å². The first kappa shape index (κ1) is 16.9. The van der Waals surface area contributed by atoms with Gasteiger partial charge in [-0.15, -0.1) is 0 Å². The summed E-state index contributed by atoms with van der Waals surface area (Å²) in [7, 11) is 0. The Hall–Kier alpha value is -2.90. The minimum atomic E-state index is -0.651. The third-order valence-corrected chi connectivity index (χ3v) is 4.45. The van der Waals surface area contributed by atoms with Crippen molar-refractivity contribution in [2.45, 2.75) is 26.9 Å². The van der Waals surface area contributed by atoms with Crippen molar-refractivity contribution < 1.29 is 5.11 Å². The van der Waals surface area contributed by atoms with Gasteiger partial charge in [-0.05, 0) is 43.5 Å². The van der Waals surface area contributed by atoms with Gasteiger partial charge in [0.25, 0.3) is 0 Å². The summed E-state index contributed by atoms with van der Waals surface area (Å²) < 4.78 is 0. The van der Waals surface area contributed by atoms with Crippen LogP contribution in [0.5, 0.6) is 0 Å². The summed E-state index contributed by atoms with van der Waals surface area (Å²) in [4.78, 5) is 4.43. The highest BCUT2D eigenvalue weighted by atomic mass is 16.3. The number of fused-ring (bicyclic) bond motifs is 1. The lowest BCUT2D eigenvalue weighted by atomic mass is 10.0. The maximum atomic E-state index is 10.5. The molecule has 0 saturated carbocycles. The molecule has 0 aliphatic heterocycles. The van der Waals surface area contributed by atoms with E-state index in [1.165, 1.54) is 0 Å². The highest BCUT2D eigenvalue weighted by Crippen LogP contribution is 2.29. The van der Waals surface area contributed by atoms with Crippen molar-refractivity contribution in [3.8, 4) is 6.07 Å². The van der Waals surface area contributed by atoms with Crippen LogP contribution >= 0.6 is 0 Å². The zero-order chi connectivity index (χ0) is 18.0. The van der Waals surface area contributed by atoms with Gasteiger partial charge in [0.05, 0.1) is 22.9 Å². The summed E-state index contributed by atoms with van der Waals surface area (Å²) in [6.07, 6.45) is 0.939. The number of benzene rings is 2. The number of hydrogen-bond acceptors (Lipinski definition) is 4. The second-order valence-corrected chi connectivity index (χ2v) is 6.39. The summed E-state index contributed by atoms with van der Waals surface area (Å²) in [5, 5.41) is 24.2. The number of rotatable bonds is 4. The molecule has 3 rings (SSSR count). The molecule has 25 heavy (non-hydrogen) atoms. The fourth-order valence-electron chi connectivity index (χ4n) is 3.21. The molecule has 0 aliphatic rings. The SMILES string of the molecule is Cc1cc(C)c2ncc(C#N)c(NCC(O)c3ccccc3C)c2c1. The molecular weight excluding hydrogens is 310 g/mol. The van der Waals surface area contributed by atoms with Crippen molar-refractivity contribution in [3.63, 3.8) is 0 Å². The number of hydrogen-bond donors (Lipinski definition) is 2. The van der Waals surface area contributed by atoms with Crippen molar-refractivity contribution in [2.24, 2.45) is 0 Å². The topological polar surface area (TPSA) is 68.9 Å². The molecule has 4 nitrogen and oxygen atoms in total. The van der Waals surface area contributed by atoms with Gasteiger partial charge in [0.15, 0.2) is 0 Å². The first-order valence-electron chi connectivity index (χ1n) is 8.28. The van der Waals surface area contributed by atoms with Gasteiger partial charge in [0, 0.05) is 18.1 Å². The number of anilines is 1. The summed E-state index contributed by atoms with van der Waals surface area (Å²) in [5.74, 6) is 0. The van der Waals surface area contributed by atoms with E-state index >= 15 is 0 Å². The van der Waals surface area contributed by atoms with E-state index in [0.29, 0.717) is 12.1 Å². The molecule has 0 amide bonds. The number of pyridine rings is 1. The molecule has 2 aromatic carbocycles. The number of aromatic nitrogens is 1. The predicted molar refractivity (Wildman–Crippen MR) is 101 cm³/mol. The second-order valence-electron chi connectivity index (χ2n) is 6.39. The quantitative estimate of drug-likeness (QED) is 0.752. The van der Waals surface area contributed by atoms with Crippen LogP contribution in [0.25, 0.3) is 10.9 Å². The highest BCUT2D eigenvalue weighted by molar-refractivity contribution is 5.96. The van der Waals surface area contributed by atoms with Crippen LogP contribution in [0.1, 0.15) is 33.9 Å². The van der Waals surface area contributed by atoms with E-state index < -0.39 is 6.10 Å². The third kappa shape index (κ3) is 3.33. The Morgan fingerprint density at radius 2 is 1.92 bits per heavy atom. The van der Waals surface area contributed by atoms with Crippen molar-refractivity contribution in [1.82, 2.24) is 4.98 Å². The van der Waals surface area contributed by atoms with E-state index in [0.717, 1.165) is 38.8 Å². The summed E-state index contributed by atoms with van der Waals surface area (Å²) in [6.45, 7) is 6.34. The van der Waals surface area contributed by atoms with E-state index in [1.807, 2.05) is 51.1 Å². The molecule has 0 radical (unpaired) electrons. The lowest BCUT2D eigenvalue weighted by Crippen LogP contribution is -2.14. The maximum absolute atomic E-state index is 10.5. The fraction of sp³-hybridized carbons (Fsp3) is 0.238. The fourth-order valence-corrected chi connectivity index (χ4v) is 3.21. The van der Waals surface area contributed by atoms with E-state index in [4.69, 9.17) is 0 Å². The van der Waals surface area contributed by atoms with Crippen molar-refractivity contribution >= 4 is 16.6 Å². The van der Waals surface area contributed by atoms with Gasteiger partial charge in [-0.25, -0.2) is 0 Å². The van der Waals surface area contributed by atoms with Crippen LogP contribution in [0.2, 0.25) is 0 Å². The molecule has 0 bridgehead atoms. The molecule has 1 heterocycles. The van der Waals surface area contributed by atoms with Gasteiger partial charge < -0.3 is 10.4 Å². The zero-order valence-corrected chi connectivity index (χ0v) is 14.7. The van der Waals surface area contributed by atoms with Crippen LogP contribution in [0.3, 0.4) is 0 Å². The van der Waals surface area contributed by atoms with E-state index in [2.05, 4.69) is 22.4 Å². The summed E-state index contributed by atoms with van der Waals surface area (Å²) in [5.41, 5.74) is 6.20. The van der Waals surface area contributed by atoms with Gasteiger partial charge in [-0.3, -0.25) is 4.98 Å². The molecule has 0 fully saturated rings. The predicted octanol–water partition coefficient (Wildman–Crippen LogP) is 4.18. The normalized spacial score (nSPS) is 12.0. The minimum Gasteiger partial charge on any atom is -0.387 e. The molecule has 3 aromatic rings. The Labute approximate surface area is 147 Å². The monoisotopic (exact) mass is 331 g/mol. The standard InChI is InChI=1S/C21H21N3O/c1-13-8-15(3)20-18(9-13)21(16(10-22)11-23-20)24-12-19(25)17-7-5-4-6-14(17)2/h4-9,11,19,25H,12H2,1-3H3,(H,23,24). The van der Waals surface area contributed by atoms with Crippen LogP contribution in [0, 0.1) is 32.1 Å². The smallest absolute Gasteiger partial charge is 0.103 e. The Kier molecular flexibility index (Phi) is 4.69. The molecule has 126 valence electrons. The average Bonchev–Trinajstić information content (AvgIpc) is 2.59. The van der Waals surface area contributed by atoms with Crippen LogP contribution in [0.15, 0.2) is 42.6 Å². The molecule has 2 N–H and O–H groups in total. The van der Waals surface area contributed by atoms with Crippen LogP contribution in [-0.4, -0.2) is 16.6 Å². The molecule has 1 aromatic heterocycles. The number of aryl methyl sites for hydroxylation is 3. The first-order chi connectivity index (χ1) is 12.0. The minimum absolute atomic E-state index is 0.325. The number of nitriles is 1. The van der Waals surface area contributed by atoms with Crippen molar-refractivity contribution in [3.05, 3.63) is 70.4 Å². The lowest BCUT2D eigenvalue weighted by Gasteiger charge is -2.17. The van der Waals surface area contributed by atoms with Crippen molar-refractivity contribution in [1.29, 1.82) is 5.26 Å². The largest absolute Gasteiger partial charge is 0.387 e. The van der Waals surface area contributed by atoms with E-state index in [1.54, 1.807) is 6.20 Å². The van der Waals surface area contributed by atoms with Gasteiger partial charge in [0.2, 0.25) is 0 Å². The maximum Gasteiger partial charge on any atom is 0.103 e.